The molecule has 4 heterocycles. The lowest BCUT2D eigenvalue weighted by Gasteiger charge is -2.39. The predicted octanol–water partition coefficient (Wildman–Crippen LogP) is 4.21. The molecule has 6 rings (SSSR count). The summed E-state index contributed by atoms with van der Waals surface area (Å²) < 4.78 is 30.1. The molecular weight excluding hydrogens is 468 g/mol. The van der Waals surface area contributed by atoms with E-state index in [0.717, 1.165) is 41.0 Å². The number of piperidine rings is 2. The van der Waals surface area contributed by atoms with Crippen LogP contribution in [0.3, 0.4) is 0 Å². The number of para-hydroxylation sites is 1. The van der Waals surface area contributed by atoms with Crippen LogP contribution in [0.15, 0.2) is 57.8 Å². The zero-order valence-electron chi connectivity index (χ0n) is 18.8. The Bertz CT molecular complexity index is 1360. The molecule has 7 nitrogen and oxygen atoms in total. The number of likely N-dealkylation sites (tertiary alicyclic amines) is 2. The molecule has 0 spiro atoms. The average molecular weight is 495 g/mol. The number of thiazole rings is 1. The number of fused-ring (bicyclic) bond motifs is 2. The number of nitrogens with zero attached hydrogens (tertiary/aromatic N) is 4. The topological polar surface area (TPSA) is 82.9 Å². The summed E-state index contributed by atoms with van der Waals surface area (Å²) in [6.45, 7) is 2.02. The van der Waals surface area contributed by atoms with Crippen molar-refractivity contribution in [3.63, 3.8) is 0 Å². The fourth-order valence-corrected chi connectivity index (χ4v) is 7.72. The van der Waals surface area contributed by atoms with Crippen LogP contribution >= 0.6 is 11.3 Å². The Morgan fingerprint density at radius 1 is 0.941 bits per heavy atom. The maximum absolute atomic E-state index is 13.6. The van der Waals surface area contributed by atoms with Gasteiger partial charge in [0.15, 0.2) is 5.84 Å². The minimum Gasteiger partial charge on any atom is -0.355 e. The van der Waals surface area contributed by atoms with Crippen LogP contribution in [0.1, 0.15) is 48.7 Å². The molecule has 3 aliphatic rings. The molecule has 0 saturated carbocycles. The Morgan fingerprint density at radius 2 is 1.71 bits per heavy atom. The lowest BCUT2D eigenvalue weighted by molar-refractivity contribution is -0.140. The second-order valence-electron chi connectivity index (χ2n) is 9.21. The van der Waals surface area contributed by atoms with E-state index >= 15 is 0 Å². The molecule has 0 N–H and O–H groups in total. The second kappa shape index (κ2) is 8.46. The maximum Gasteiger partial charge on any atom is 0.285 e. The summed E-state index contributed by atoms with van der Waals surface area (Å²) in [7, 11) is -3.63. The summed E-state index contributed by atoms with van der Waals surface area (Å²) in [5, 5.41) is 1.04. The first kappa shape index (κ1) is 21.7. The zero-order chi connectivity index (χ0) is 23.3. The van der Waals surface area contributed by atoms with E-state index in [-0.39, 0.29) is 22.8 Å². The van der Waals surface area contributed by atoms with Gasteiger partial charge in [0.1, 0.15) is 9.90 Å². The summed E-state index contributed by atoms with van der Waals surface area (Å²) in [5.41, 5.74) is 1.67. The normalized spacial score (nSPS) is 22.6. The summed E-state index contributed by atoms with van der Waals surface area (Å²) in [4.78, 5) is 22.9. The van der Waals surface area contributed by atoms with Crippen LogP contribution in [-0.2, 0) is 14.8 Å². The van der Waals surface area contributed by atoms with Crippen molar-refractivity contribution in [3.8, 4) is 0 Å². The van der Waals surface area contributed by atoms with Crippen LogP contribution in [0.4, 0.5) is 0 Å². The maximum atomic E-state index is 13.6. The van der Waals surface area contributed by atoms with Gasteiger partial charge in [0, 0.05) is 31.1 Å². The summed E-state index contributed by atoms with van der Waals surface area (Å²) in [6.07, 6.45) is 4.48. The third kappa shape index (κ3) is 3.71. The highest BCUT2D eigenvalue weighted by Gasteiger charge is 2.38. The molecule has 3 aliphatic heterocycles. The van der Waals surface area contributed by atoms with E-state index in [2.05, 4.69) is 15.4 Å². The van der Waals surface area contributed by atoms with Gasteiger partial charge in [-0.3, -0.25) is 4.79 Å². The van der Waals surface area contributed by atoms with Gasteiger partial charge in [-0.05, 0) is 56.4 Å². The first-order valence-electron chi connectivity index (χ1n) is 11.9. The number of sulfonamides is 1. The monoisotopic (exact) mass is 494 g/mol. The lowest BCUT2D eigenvalue weighted by atomic mass is 9.92. The number of hydrogen-bond acceptors (Lipinski definition) is 6. The van der Waals surface area contributed by atoms with Gasteiger partial charge in [-0.2, -0.15) is 8.42 Å². The predicted molar refractivity (Wildman–Crippen MR) is 132 cm³/mol. The van der Waals surface area contributed by atoms with Crippen LogP contribution < -0.4 is 0 Å². The molecule has 34 heavy (non-hydrogen) atoms. The van der Waals surface area contributed by atoms with Crippen molar-refractivity contribution in [1.29, 1.82) is 0 Å². The Balaban J connectivity index is 1.18. The van der Waals surface area contributed by atoms with Crippen LogP contribution in [0.2, 0.25) is 0 Å². The summed E-state index contributed by atoms with van der Waals surface area (Å²) in [6, 6.07) is 15.2. The molecule has 2 aromatic carbocycles. The fourth-order valence-electron chi connectivity index (χ4n) is 5.37. The number of rotatable bonds is 2. The largest absolute Gasteiger partial charge is 0.355 e. The Kier molecular flexibility index (Phi) is 5.41. The molecule has 0 aliphatic carbocycles. The molecule has 3 aromatic rings. The van der Waals surface area contributed by atoms with Crippen molar-refractivity contribution in [3.05, 3.63) is 59.1 Å². The minimum atomic E-state index is -3.63. The number of amidine groups is 1. The molecule has 176 valence electrons. The van der Waals surface area contributed by atoms with E-state index in [0.29, 0.717) is 37.3 Å². The second-order valence-corrected chi connectivity index (χ2v) is 11.8. The Morgan fingerprint density at radius 3 is 2.53 bits per heavy atom. The average Bonchev–Trinajstić information content (AvgIpc) is 3.42. The standard InChI is InChI=1S/C25H26N4O3S2/c30-25(29-14-6-5-9-20(29)24-26-19-8-2-3-10-21(19)33-24)17-12-15-28(16-13-17)23-18-7-1-4-11-22(18)34(31,32)27-23/h1-4,7-8,10-11,17,20H,5-6,9,12-16H2. The van der Waals surface area contributed by atoms with Crippen LogP contribution in [-0.4, -0.2) is 54.6 Å². The van der Waals surface area contributed by atoms with Crippen molar-refractivity contribution in [2.24, 2.45) is 10.3 Å². The quantitative estimate of drug-likeness (QED) is 0.533. The first-order chi connectivity index (χ1) is 16.5. The van der Waals surface area contributed by atoms with Crippen LogP contribution in [0.25, 0.3) is 10.2 Å². The third-order valence-corrected chi connectivity index (χ3v) is 9.60. The number of benzene rings is 2. The highest BCUT2D eigenvalue weighted by atomic mass is 32.2. The van der Waals surface area contributed by atoms with Crippen molar-refractivity contribution in [2.45, 2.75) is 43.0 Å². The number of aromatic nitrogens is 1. The van der Waals surface area contributed by atoms with E-state index in [1.165, 1.54) is 0 Å². The number of carbonyl (C=O) groups is 1. The molecular formula is C25H26N4O3S2. The molecule has 0 radical (unpaired) electrons. The first-order valence-corrected chi connectivity index (χ1v) is 14.1. The molecule has 1 unspecified atom stereocenters. The fraction of sp³-hybridized carbons (Fsp3) is 0.400. The van der Waals surface area contributed by atoms with E-state index < -0.39 is 10.0 Å². The molecule has 9 heteroatoms. The van der Waals surface area contributed by atoms with E-state index in [1.54, 1.807) is 23.5 Å². The molecule has 2 saturated heterocycles. The molecule has 2 fully saturated rings. The van der Waals surface area contributed by atoms with Gasteiger partial charge in [0.05, 0.1) is 16.3 Å². The molecule has 1 amide bonds. The SMILES string of the molecule is O=C(C1CCN(C2=NS(=O)(=O)c3ccccc32)CC1)N1CCCCC1c1nc2ccccc2s1. The third-order valence-electron chi connectivity index (χ3n) is 7.14. The zero-order valence-corrected chi connectivity index (χ0v) is 20.4. The van der Waals surface area contributed by atoms with Crippen LogP contribution in [0, 0.1) is 5.92 Å². The highest BCUT2D eigenvalue weighted by molar-refractivity contribution is 7.90. The minimum absolute atomic E-state index is 0.0490. The van der Waals surface area contributed by atoms with E-state index in [1.807, 2.05) is 35.2 Å². The van der Waals surface area contributed by atoms with Gasteiger partial charge in [-0.15, -0.1) is 15.7 Å². The van der Waals surface area contributed by atoms with Crippen molar-refractivity contribution >= 4 is 43.3 Å². The van der Waals surface area contributed by atoms with Gasteiger partial charge in [-0.25, -0.2) is 4.98 Å². The smallest absolute Gasteiger partial charge is 0.285 e. The van der Waals surface area contributed by atoms with Gasteiger partial charge in [0.2, 0.25) is 5.91 Å². The van der Waals surface area contributed by atoms with Gasteiger partial charge in [-0.1, -0.05) is 24.3 Å². The molecule has 1 atom stereocenters. The Hall–Kier alpha value is -2.78. The number of hydrogen-bond donors (Lipinski definition) is 0. The van der Waals surface area contributed by atoms with E-state index in [4.69, 9.17) is 4.98 Å². The van der Waals surface area contributed by atoms with E-state index in [9.17, 15) is 13.2 Å². The van der Waals surface area contributed by atoms with Crippen molar-refractivity contribution < 1.29 is 13.2 Å². The number of carbonyl (C=O) groups excluding carboxylic acids is 1. The van der Waals surface area contributed by atoms with Crippen molar-refractivity contribution in [1.82, 2.24) is 14.8 Å². The molecule has 1 aromatic heterocycles. The van der Waals surface area contributed by atoms with Crippen LogP contribution in [0.5, 0.6) is 0 Å². The highest BCUT2D eigenvalue weighted by Crippen LogP contribution is 2.38. The molecule has 0 bridgehead atoms. The summed E-state index contributed by atoms with van der Waals surface area (Å²) >= 11 is 1.70. The summed E-state index contributed by atoms with van der Waals surface area (Å²) in [5.74, 6) is 0.678. The lowest BCUT2D eigenvalue weighted by Crippen LogP contribution is -2.46. The van der Waals surface area contributed by atoms with Gasteiger partial charge in [0.25, 0.3) is 10.0 Å². The van der Waals surface area contributed by atoms with Gasteiger partial charge >= 0.3 is 0 Å². The number of amides is 1. The van der Waals surface area contributed by atoms with Crippen molar-refractivity contribution in [2.75, 3.05) is 19.6 Å². The Labute approximate surface area is 203 Å². The van der Waals surface area contributed by atoms with Gasteiger partial charge < -0.3 is 9.80 Å².